The molecule has 1 aliphatic rings. The van der Waals surface area contributed by atoms with E-state index in [1.54, 1.807) is 6.55 Å². The zero-order chi connectivity index (χ0) is 13.3. The standard InChI is InChI=1S/C8H19F3O3Si3/c1-5-16(3)12-15(2)13-17(4,14-16)7-6-8(9,10)11/h15H,5-7H2,1-4H3. The Morgan fingerprint density at radius 1 is 1.12 bits per heavy atom. The van der Waals surface area contributed by atoms with E-state index in [1.807, 2.05) is 20.0 Å². The van der Waals surface area contributed by atoms with Gasteiger partial charge in [0.1, 0.15) is 0 Å². The molecule has 0 N–H and O–H groups in total. The summed E-state index contributed by atoms with van der Waals surface area (Å²) in [7, 11) is -6.78. The Kier molecular flexibility index (Phi) is 4.64. The fourth-order valence-corrected chi connectivity index (χ4v) is 15.9. The molecule has 1 aliphatic heterocycles. The number of halogens is 3. The molecule has 0 aromatic rings. The smallest absolute Gasteiger partial charge is 0.389 e. The van der Waals surface area contributed by atoms with Crippen LogP contribution >= 0.6 is 0 Å². The van der Waals surface area contributed by atoms with E-state index in [1.165, 1.54) is 0 Å². The molecule has 0 amide bonds. The highest BCUT2D eigenvalue weighted by Crippen LogP contribution is 2.33. The highest BCUT2D eigenvalue weighted by atomic mass is 28.5. The Hall–Kier alpha value is 0.321. The van der Waals surface area contributed by atoms with Gasteiger partial charge in [0.15, 0.2) is 0 Å². The van der Waals surface area contributed by atoms with Gasteiger partial charge in [-0.1, -0.05) is 6.92 Å². The summed E-state index contributed by atoms with van der Waals surface area (Å²) in [5.74, 6) is 0. The van der Waals surface area contributed by atoms with Crippen molar-refractivity contribution in [2.45, 2.75) is 51.3 Å². The van der Waals surface area contributed by atoms with Crippen molar-refractivity contribution in [2.75, 3.05) is 0 Å². The van der Waals surface area contributed by atoms with E-state index in [0.717, 1.165) is 6.04 Å². The van der Waals surface area contributed by atoms with Crippen molar-refractivity contribution in [3.05, 3.63) is 0 Å². The maximum absolute atomic E-state index is 12.3. The lowest BCUT2D eigenvalue weighted by atomic mass is 10.5. The van der Waals surface area contributed by atoms with Crippen LogP contribution in [0.4, 0.5) is 13.2 Å². The molecule has 3 atom stereocenters. The lowest BCUT2D eigenvalue weighted by Crippen LogP contribution is -2.61. The van der Waals surface area contributed by atoms with Gasteiger partial charge in [-0.05, 0) is 31.7 Å². The molecule has 102 valence electrons. The summed E-state index contributed by atoms with van der Waals surface area (Å²) in [4.78, 5) is 0. The van der Waals surface area contributed by atoms with Gasteiger partial charge in [0.25, 0.3) is 0 Å². The number of rotatable bonds is 3. The average Bonchev–Trinajstić information content (AvgIpc) is 2.12. The second kappa shape index (κ2) is 5.13. The van der Waals surface area contributed by atoms with Crippen LogP contribution in [-0.4, -0.2) is 32.6 Å². The molecule has 9 heteroatoms. The monoisotopic (exact) mass is 304 g/mol. The molecule has 1 heterocycles. The summed E-state index contributed by atoms with van der Waals surface area (Å²) in [6, 6.07) is 0.724. The van der Waals surface area contributed by atoms with E-state index in [9.17, 15) is 13.2 Å². The topological polar surface area (TPSA) is 27.7 Å². The van der Waals surface area contributed by atoms with E-state index in [0.29, 0.717) is 0 Å². The van der Waals surface area contributed by atoms with Gasteiger partial charge >= 0.3 is 32.6 Å². The summed E-state index contributed by atoms with van der Waals surface area (Å²) in [5.41, 5.74) is 0. The molecule has 17 heavy (non-hydrogen) atoms. The SMILES string of the molecule is CC[Si]1(C)O[SiH](C)O[Si](C)(CCC(F)(F)F)O1. The van der Waals surface area contributed by atoms with Crippen molar-refractivity contribution in [3.8, 4) is 0 Å². The van der Waals surface area contributed by atoms with Gasteiger partial charge in [-0.2, -0.15) is 13.2 Å². The molecule has 3 unspecified atom stereocenters. The summed E-state index contributed by atoms with van der Waals surface area (Å²) in [6.45, 7) is 7.46. The minimum atomic E-state index is -4.14. The Bertz CT molecular complexity index is 278. The molecule has 1 saturated heterocycles. The average molecular weight is 304 g/mol. The Labute approximate surface area is 104 Å². The third kappa shape index (κ3) is 4.83. The van der Waals surface area contributed by atoms with Crippen LogP contribution in [0.25, 0.3) is 0 Å². The van der Waals surface area contributed by atoms with Crippen molar-refractivity contribution in [1.29, 1.82) is 0 Å². The molecule has 1 fully saturated rings. The molecule has 1 rings (SSSR count). The molecule has 0 bridgehead atoms. The first-order chi connectivity index (χ1) is 7.58. The molecular weight excluding hydrogens is 285 g/mol. The molecule has 0 aromatic heterocycles. The van der Waals surface area contributed by atoms with Crippen LogP contribution in [0, 0.1) is 0 Å². The molecule has 0 aromatic carbocycles. The van der Waals surface area contributed by atoms with Gasteiger partial charge in [-0.15, -0.1) is 0 Å². The highest BCUT2D eigenvalue weighted by molar-refractivity contribution is 6.88. The van der Waals surface area contributed by atoms with Crippen LogP contribution in [0.15, 0.2) is 0 Å². The van der Waals surface area contributed by atoms with E-state index >= 15 is 0 Å². The van der Waals surface area contributed by atoms with Gasteiger partial charge in [-0.25, -0.2) is 0 Å². The Balaban J connectivity index is 2.67. The van der Waals surface area contributed by atoms with E-state index in [2.05, 4.69) is 0 Å². The van der Waals surface area contributed by atoms with Crippen LogP contribution < -0.4 is 0 Å². The normalized spacial score (nSPS) is 39.4. The van der Waals surface area contributed by atoms with Crippen molar-refractivity contribution < 1.29 is 25.5 Å². The first-order valence-corrected chi connectivity index (χ1v) is 12.8. The molecule has 0 spiro atoms. The van der Waals surface area contributed by atoms with Crippen LogP contribution in [0.3, 0.4) is 0 Å². The first-order valence-electron chi connectivity index (χ1n) is 5.70. The number of hydrogen-bond donors (Lipinski definition) is 0. The van der Waals surface area contributed by atoms with Crippen LogP contribution in [0.1, 0.15) is 13.3 Å². The highest BCUT2D eigenvalue weighted by Gasteiger charge is 2.50. The van der Waals surface area contributed by atoms with Crippen molar-refractivity contribution >= 4 is 26.4 Å². The van der Waals surface area contributed by atoms with Gasteiger partial charge < -0.3 is 12.3 Å². The fraction of sp³-hybridized carbons (Fsp3) is 1.00. The largest absolute Gasteiger partial charge is 0.418 e. The zero-order valence-corrected chi connectivity index (χ0v) is 13.7. The predicted molar refractivity (Wildman–Crippen MR) is 65.5 cm³/mol. The van der Waals surface area contributed by atoms with Crippen LogP contribution in [-0.2, 0) is 12.3 Å². The van der Waals surface area contributed by atoms with Gasteiger partial charge in [0.05, 0.1) is 0 Å². The molecule has 0 radical (unpaired) electrons. The van der Waals surface area contributed by atoms with Gasteiger partial charge in [0, 0.05) is 6.42 Å². The molecule has 0 saturated carbocycles. The van der Waals surface area contributed by atoms with E-state index < -0.39 is 39.0 Å². The molecular formula is C8H19F3O3Si3. The molecule has 0 aliphatic carbocycles. The zero-order valence-electron chi connectivity index (χ0n) is 10.6. The Morgan fingerprint density at radius 3 is 2.12 bits per heavy atom. The van der Waals surface area contributed by atoms with Crippen LogP contribution in [0.5, 0.6) is 0 Å². The van der Waals surface area contributed by atoms with Gasteiger partial charge in [-0.3, -0.25) is 0 Å². The molecule has 3 nitrogen and oxygen atoms in total. The van der Waals surface area contributed by atoms with Crippen molar-refractivity contribution in [2.24, 2.45) is 0 Å². The lowest BCUT2D eigenvalue weighted by molar-refractivity contribution is -0.131. The summed E-state index contributed by atoms with van der Waals surface area (Å²) in [5, 5.41) is 0. The predicted octanol–water partition coefficient (Wildman–Crippen LogP) is 3.02. The van der Waals surface area contributed by atoms with E-state index in [4.69, 9.17) is 12.3 Å². The maximum atomic E-state index is 12.3. The van der Waals surface area contributed by atoms with Crippen LogP contribution in [0.2, 0.25) is 31.7 Å². The van der Waals surface area contributed by atoms with Crippen molar-refractivity contribution in [1.82, 2.24) is 0 Å². The summed E-state index contributed by atoms with van der Waals surface area (Å²) < 4.78 is 54.0. The lowest BCUT2D eigenvalue weighted by Gasteiger charge is -2.44. The fourth-order valence-electron chi connectivity index (χ4n) is 1.87. The summed E-state index contributed by atoms with van der Waals surface area (Å²) in [6.07, 6.45) is -4.97. The quantitative estimate of drug-likeness (QED) is 0.750. The number of alkyl halides is 3. The van der Waals surface area contributed by atoms with Crippen molar-refractivity contribution in [3.63, 3.8) is 0 Å². The number of hydrogen-bond acceptors (Lipinski definition) is 3. The third-order valence-electron chi connectivity index (χ3n) is 2.77. The maximum Gasteiger partial charge on any atom is 0.389 e. The Morgan fingerprint density at radius 2 is 1.65 bits per heavy atom. The van der Waals surface area contributed by atoms with Gasteiger partial charge in [0.2, 0.25) is 0 Å². The summed E-state index contributed by atoms with van der Waals surface area (Å²) >= 11 is 0. The third-order valence-corrected chi connectivity index (χ3v) is 15.3. The van der Waals surface area contributed by atoms with E-state index in [-0.39, 0.29) is 6.04 Å². The second-order valence-corrected chi connectivity index (χ2v) is 14.2. The minimum Gasteiger partial charge on any atom is -0.418 e. The minimum absolute atomic E-state index is 0.0280. The second-order valence-electron chi connectivity index (χ2n) is 4.64. The first kappa shape index (κ1) is 15.4.